The van der Waals surface area contributed by atoms with Gasteiger partial charge in [-0.3, -0.25) is 14.5 Å². The van der Waals surface area contributed by atoms with E-state index in [1.54, 1.807) is 36.4 Å². The number of Topliss-reactive ketones (excluding diaryl/α,β-unsaturated/α-hetero) is 1. The van der Waals surface area contributed by atoms with Crippen LogP contribution in [0.25, 0.3) is 5.76 Å². The van der Waals surface area contributed by atoms with Crippen LogP contribution in [0.5, 0.6) is 5.75 Å². The van der Waals surface area contributed by atoms with Crippen molar-refractivity contribution in [2.75, 3.05) is 12.0 Å². The van der Waals surface area contributed by atoms with Gasteiger partial charge in [-0.1, -0.05) is 35.9 Å². The predicted molar refractivity (Wildman–Crippen MR) is 125 cm³/mol. The molecule has 3 aromatic rings. The Bertz CT molecular complexity index is 1340. The first kappa shape index (κ1) is 22.1. The van der Waals surface area contributed by atoms with Gasteiger partial charge in [0.05, 0.1) is 35.4 Å². The van der Waals surface area contributed by atoms with Crippen LogP contribution in [0.4, 0.5) is 5.69 Å². The number of rotatable bonds is 4. The highest BCUT2D eigenvalue weighted by Gasteiger charge is 2.47. The molecule has 6 nitrogen and oxygen atoms in total. The predicted octanol–water partition coefficient (Wildman–Crippen LogP) is 5.16. The largest absolute Gasteiger partial charge is 0.507 e. The fourth-order valence-corrected chi connectivity index (χ4v) is 4.21. The molecule has 1 atom stereocenters. The molecule has 1 aliphatic rings. The number of methoxy groups -OCH3 is 1. The molecule has 1 heterocycles. The van der Waals surface area contributed by atoms with Gasteiger partial charge in [0.25, 0.3) is 11.7 Å². The van der Waals surface area contributed by atoms with Crippen molar-refractivity contribution < 1.29 is 19.4 Å². The highest BCUT2D eigenvalue weighted by Crippen LogP contribution is 2.43. The lowest BCUT2D eigenvalue weighted by atomic mass is 9.92. The molecule has 7 heteroatoms. The minimum atomic E-state index is -0.861. The van der Waals surface area contributed by atoms with Gasteiger partial charge in [-0.05, 0) is 60.5 Å². The Hall–Kier alpha value is -4.08. The molecular formula is C26H19ClN2O4. The van der Waals surface area contributed by atoms with Crippen molar-refractivity contribution in [3.05, 3.63) is 99.6 Å². The number of benzene rings is 3. The Kier molecular flexibility index (Phi) is 5.91. The second-order valence-electron chi connectivity index (χ2n) is 7.53. The second-order valence-corrected chi connectivity index (χ2v) is 7.94. The summed E-state index contributed by atoms with van der Waals surface area (Å²) in [6, 6.07) is 19.5. The van der Waals surface area contributed by atoms with Crippen molar-refractivity contribution in [2.24, 2.45) is 0 Å². The fraction of sp³-hybridized carbons (Fsp3) is 0.115. The van der Waals surface area contributed by atoms with E-state index in [2.05, 4.69) is 0 Å². The number of nitrogens with zero attached hydrogens (tertiary/aromatic N) is 2. The molecule has 0 radical (unpaired) electrons. The monoisotopic (exact) mass is 458 g/mol. The number of carbonyl (C=O) groups excluding carboxylic acids is 2. The quantitative estimate of drug-likeness (QED) is 0.331. The summed E-state index contributed by atoms with van der Waals surface area (Å²) in [5.74, 6) is -1.49. The van der Waals surface area contributed by atoms with Gasteiger partial charge >= 0.3 is 0 Å². The highest BCUT2D eigenvalue weighted by atomic mass is 35.5. The van der Waals surface area contributed by atoms with Gasteiger partial charge in [0.15, 0.2) is 0 Å². The maximum atomic E-state index is 13.2. The third kappa shape index (κ3) is 3.84. The average Bonchev–Trinajstić information content (AvgIpc) is 3.09. The van der Waals surface area contributed by atoms with Gasteiger partial charge in [0, 0.05) is 11.3 Å². The first-order valence-electron chi connectivity index (χ1n) is 10.1. The van der Waals surface area contributed by atoms with Crippen LogP contribution in [-0.4, -0.2) is 23.9 Å². The topological polar surface area (TPSA) is 90.6 Å². The number of amides is 1. The standard InChI is InChI=1S/C26H19ClN2O4/c1-15-5-3-4-6-19(15)23-22(24(30)17-9-12-21(33-2)20(27)13-17)25(31)26(32)29(23)18-10-7-16(14-28)8-11-18/h3-13,23,30H,1-2H3/b24-22+. The van der Waals surface area contributed by atoms with Crippen LogP contribution < -0.4 is 9.64 Å². The van der Waals surface area contributed by atoms with Gasteiger partial charge < -0.3 is 9.84 Å². The number of ketones is 1. The number of carbonyl (C=O) groups is 2. The molecule has 1 amide bonds. The summed E-state index contributed by atoms with van der Waals surface area (Å²) < 4.78 is 5.16. The van der Waals surface area contributed by atoms with E-state index < -0.39 is 17.7 Å². The number of aliphatic hydroxyl groups is 1. The van der Waals surface area contributed by atoms with Gasteiger partial charge in [-0.25, -0.2) is 0 Å². The van der Waals surface area contributed by atoms with Crippen molar-refractivity contribution in [2.45, 2.75) is 13.0 Å². The summed E-state index contributed by atoms with van der Waals surface area (Å²) in [7, 11) is 1.47. The van der Waals surface area contributed by atoms with Crippen molar-refractivity contribution >= 4 is 34.7 Å². The molecule has 164 valence electrons. The maximum absolute atomic E-state index is 13.2. The maximum Gasteiger partial charge on any atom is 0.300 e. The van der Waals surface area contributed by atoms with Crippen molar-refractivity contribution in [3.63, 3.8) is 0 Å². The van der Waals surface area contributed by atoms with Crippen LogP contribution >= 0.6 is 11.6 Å². The average molecular weight is 459 g/mol. The van der Waals surface area contributed by atoms with E-state index in [1.165, 1.54) is 18.1 Å². The number of anilines is 1. The summed E-state index contributed by atoms with van der Waals surface area (Å²) in [5.41, 5.74) is 2.66. The van der Waals surface area contributed by atoms with Crippen LogP contribution in [0.15, 0.2) is 72.3 Å². The van der Waals surface area contributed by atoms with E-state index in [-0.39, 0.29) is 21.9 Å². The first-order valence-corrected chi connectivity index (χ1v) is 10.5. The van der Waals surface area contributed by atoms with E-state index in [1.807, 2.05) is 37.3 Å². The molecule has 4 rings (SSSR count). The molecule has 1 saturated heterocycles. The Morgan fingerprint density at radius 3 is 2.39 bits per heavy atom. The third-order valence-corrected chi connectivity index (χ3v) is 5.92. The number of nitriles is 1. The lowest BCUT2D eigenvalue weighted by Crippen LogP contribution is -2.29. The zero-order valence-corrected chi connectivity index (χ0v) is 18.6. The van der Waals surface area contributed by atoms with Gasteiger partial charge in [0.2, 0.25) is 0 Å². The zero-order chi connectivity index (χ0) is 23.7. The molecule has 1 unspecified atom stereocenters. The Labute approximate surface area is 195 Å². The SMILES string of the molecule is COc1ccc(/C(O)=C2\C(=O)C(=O)N(c3ccc(C#N)cc3)C2c2ccccc2C)cc1Cl. The molecule has 0 aromatic heterocycles. The normalized spacial score (nSPS) is 17.2. The minimum absolute atomic E-state index is 0.0418. The molecule has 0 spiro atoms. The van der Waals surface area contributed by atoms with E-state index in [9.17, 15) is 14.7 Å². The molecule has 0 saturated carbocycles. The number of hydrogen-bond acceptors (Lipinski definition) is 5. The molecule has 0 aliphatic carbocycles. The first-order chi connectivity index (χ1) is 15.9. The number of ether oxygens (including phenoxy) is 1. The van der Waals surface area contributed by atoms with E-state index >= 15 is 0 Å². The molecule has 0 bridgehead atoms. The molecular weight excluding hydrogens is 440 g/mol. The zero-order valence-electron chi connectivity index (χ0n) is 17.9. The highest BCUT2D eigenvalue weighted by molar-refractivity contribution is 6.51. The number of aliphatic hydroxyl groups excluding tert-OH is 1. The second kappa shape index (κ2) is 8.81. The van der Waals surface area contributed by atoms with E-state index in [0.717, 1.165) is 5.56 Å². The minimum Gasteiger partial charge on any atom is -0.507 e. The number of hydrogen-bond donors (Lipinski definition) is 1. The van der Waals surface area contributed by atoms with Crippen LogP contribution in [0.1, 0.15) is 28.3 Å². The van der Waals surface area contributed by atoms with Crippen LogP contribution in [0, 0.1) is 18.3 Å². The fourth-order valence-electron chi connectivity index (χ4n) is 3.95. The summed E-state index contributed by atoms with van der Waals surface area (Å²) in [5, 5.41) is 20.6. The summed E-state index contributed by atoms with van der Waals surface area (Å²) in [6.07, 6.45) is 0. The molecule has 1 fully saturated rings. The summed E-state index contributed by atoms with van der Waals surface area (Å²) >= 11 is 6.23. The smallest absolute Gasteiger partial charge is 0.300 e. The van der Waals surface area contributed by atoms with Gasteiger partial charge in [0.1, 0.15) is 11.5 Å². The molecule has 1 N–H and O–H groups in total. The molecule has 33 heavy (non-hydrogen) atoms. The summed E-state index contributed by atoms with van der Waals surface area (Å²) in [6.45, 7) is 1.87. The number of aryl methyl sites for hydroxylation is 1. The van der Waals surface area contributed by atoms with Crippen molar-refractivity contribution in [1.82, 2.24) is 0 Å². The van der Waals surface area contributed by atoms with Crippen LogP contribution in [0.3, 0.4) is 0 Å². The van der Waals surface area contributed by atoms with E-state index in [0.29, 0.717) is 22.6 Å². The van der Waals surface area contributed by atoms with Gasteiger partial charge in [-0.2, -0.15) is 5.26 Å². The van der Waals surface area contributed by atoms with Crippen LogP contribution in [-0.2, 0) is 9.59 Å². The Morgan fingerprint density at radius 2 is 1.79 bits per heavy atom. The van der Waals surface area contributed by atoms with E-state index in [4.69, 9.17) is 21.6 Å². The Morgan fingerprint density at radius 1 is 1.09 bits per heavy atom. The number of halogens is 1. The molecule has 3 aromatic carbocycles. The van der Waals surface area contributed by atoms with Crippen LogP contribution in [0.2, 0.25) is 5.02 Å². The summed E-state index contributed by atoms with van der Waals surface area (Å²) in [4.78, 5) is 27.7. The third-order valence-electron chi connectivity index (χ3n) is 5.63. The lowest BCUT2D eigenvalue weighted by Gasteiger charge is -2.26. The Balaban J connectivity index is 1.95. The van der Waals surface area contributed by atoms with Crippen molar-refractivity contribution in [3.8, 4) is 11.8 Å². The lowest BCUT2D eigenvalue weighted by molar-refractivity contribution is -0.132. The molecule has 1 aliphatic heterocycles. The van der Waals surface area contributed by atoms with Gasteiger partial charge in [-0.15, -0.1) is 0 Å². The van der Waals surface area contributed by atoms with Crippen molar-refractivity contribution in [1.29, 1.82) is 5.26 Å².